The van der Waals surface area contributed by atoms with Crippen LogP contribution in [-0.4, -0.2) is 18.2 Å². The summed E-state index contributed by atoms with van der Waals surface area (Å²) in [7, 11) is 0. The third-order valence-electron chi connectivity index (χ3n) is 2.30. The maximum atomic E-state index is 5.65. The Balaban J connectivity index is 1.72. The van der Waals surface area contributed by atoms with Gasteiger partial charge in [-0.2, -0.15) is 0 Å². The van der Waals surface area contributed by atoms with Gasteiger partial charge in [-0.05, 0) is 24.3 Å². The number of benzene rings is 1. The van der Waals surface area contributed by atoms with Crippen LogP contribution in [0.25, 0.3) is 0 Å². The van der Waals surface area contributed by atoms with E-state index in [2.05, 4.69) is 4.98 Å². The van der Waals surface area contributed by atoms with Gasteiger partial charge in [-0.1, -0.05) is 18.2 Å². The third kappa shape index (κ3) is 3.93. The first-order chi connectivity index (χ1) is 8.88. The van der Waals surface area contributed by atoms with E-state index in [-0.39, 0.29) is 0 Å². The van der Waals surface area contributed by atoms with Crippen molar-refractivity contribution < 1.29 is 9.47 Å². The lowest BCUT2D eigenvalue weighted by Gasteiger charge is -2.08. The number of rotatable bonds is 6. The van der Waals surface area contributed by atoms with Crippen molar-refractivity contribution >= 4 is 11.6 Å². The fourth-order valence-corrected chi connectivity index (χ4v) is 1.57. The predicted octanol–water partition coefficient (Wildman–Crippen LogP) is 3.28. The number of para-hydroxylation sites is 1. The van der Waals surface area contributed by atoms with Crippen LogP contribution in [0.4, 0.5) is 0 Å². The molecule has 0 spiro atoms. The molecule has 0 N–H and O–H groups in total. The maximum Gasteiger partial charge on any atom is 0.137 e. The molecule has 3 nitrogen and oxygen atoms in total. The quantitative estimate of drug-likeness (QED) is 0.592. The molecule has 0 aliphatic carbocycles. The van der Waals surface area contributed by atoms with Gasteiger partial charge < -0.3 is 9.47 Å². The molecule has 1 heterocycles. The summed E-state index contributed by atoms with van der Waals surface area (Å²) in [6, 6.07) is 13.4. The van der Waals surface area contributed by atoms with Gasteiger partial charge in [-0.25, -0.2) is 0 Å². The number of hydrogen-bond acceptors (Lipinski definition) is 3. The summed E-state index contributed by atoms with van der Waals surface area (Å²) in [6.07, 6.45) is 1.67. The molecule has 0 atom stereocenters. The van der Waals surface area contributed by atoms with Crippen LogP contribution in [0.1, 0.15) is 5.69 Å². The van der Waals surface area contributed by atoms with E-state index in [1.54, 1.807) is 6.20 Å². The fraction of sp³-hybridized carbons (Fsp3) is 0.214. The summed E-state index contributed by atoms with van der Waals surface area (Å²) in [6.45, 7) is 0.984. The van der Waals surface area contributed by atoms with Crippen LogP contribution in [0, 0.1) is 0 Å². The minimum absolute atomic E-state index is 0.414. The monoisotopic (exact) mass is 263 g/mol. The molecule has 0 aliphatic rings. The fourth-order valence-electron chi connectivity index (χ4n) is 1.41. The van der Waals surface area contributed by atoms with Gasteiger partial charge in [-0.15, -0.1) is 11.6 Å². The highest BCUT2D eigenvalue weighted by Gasteiger charge is 1.96. The highest BCUT2D eigenvalue weighted by Crippen LogP contribution is 2.11. The zero-order valence-corrected chi connectivity index (χ0v) is 10.6. The van der Waals surface area contributed by atoms with Crippen molar-refractivity contribution in [2.45, 2.75) is 5.88 Å². The Morgan fingerprint density at radius 1 is 0.889 bits per heavy atom. The number of aromatic nitrogens is 1. The summed E-state index contributed by atoms with van der Waals surface area (Å²) in [4.78, 5) is 4.14. The summed E-state index contributed by atoms with van der Waals surface area (Å²) in [5, 5.41) is 0. The zero-order valence-electron chi connectivity index (χ0n) is 9.88. The molecular formula is C14H14ClNO2. The Labute approximate surface area is 111 Å². The minimum Gasteiger partial charge on any atom is -0.490 e. The maximum absolute atomic E-state index is 5.65. The van der Waals surface area contributed by atoms with E-state index in [1.165, 1.54) is 0 Å². The second kappa shape index (κ2) is 6.87. The number of halogens is 1. The summed E-state index contributed by atoms with van der Waals surface area (Å²) in [5.41, 5.74) is 0.838. The number of hydrogen-bond donors (Lipinski definition) is 0. The third-order valence-corrected chi connectivity index (χ3v) is 2.57. The number of alkyl halides is 1. The molecule has 1 aromatic carbocycles. The lowest BCUT2D eigenvalue weighted by molar-refractivity contribution is 0.216. The van der Waals surface area contributed by atoms with Crippen molar-refractivity contribution in [2.24, 2.45) is 0 Å². The Bertz CT molecular complexity index is 459. The van der Waals surface area contributed by atoms with Gasteiger partial charge in [0.2, 0.25) is 0 Å². The van der Waals surface area contributed by atoms with Gasteiger partial charge in [0.05, 0.1) is 17.8 Å². The largest absolute Gasteiger partial charge is 0.490 e. The van der Waals surface area contributed by atoms with Gasteiger partial charge in [-0.3, -0.25) is 4.98 Å². The molecule has 2 aromatic rings. The van der Waals surface area contributed by atoms with E-state index in [4.69, 9.17) is 21.1 Å². The van der Waals surface area contributed by atoms with Gasteiger partial charge >= 0.3 is 0 Å². The first-order valence-corrected chi connectivity index (χ1v) is 6.23. The van der Waals surface area contributed by atoms with Crippen LogP contribution in [0.15, 0.2) is 48.7 Å². The topological polar surface area (TPSA) is 31.4 Å². The van der Waals surface area contributed by atoms with Crippen LogP contribution < -0.4 is 9.47 Å². The van der Waals surface area contributed by atoms with E-state index in [0.29, 0.717) is 19.1 Å². The van der Waals surface area contributed by atoms with Gasteiger partial charge in [0.1, 0.15) is 24.7 Å². The van der Waals surface area contributed by atoms with Crippen molar-refractivity contribution in [1.29, 1.82) is 0 Å². The number of ether oxygens (including phenoxy) is 2. The lowest BCUT2D eigenvalue weighted by atomic mass is 10.3. The van der Waals surface area contributed by atoms with Crippen molar-refractivity contribution in [3.05, 3.63) is 54.4 Å². The Hall–Kier alpha value is -1.74. The van der Waals surface area contributed by atoms with Crippen molar-refractivity contribution in [3.8, 4) is 11.5 Å². The molecule has 0 bridgehead atoms. The van der Waals surface area contributed by atoms with Crippen molar-refractivity contribution in [3.63, 3.8) is 0 Å². The smallest absolute Gasteiger partial charge is 0.137 e. The molecule has 18 heavy (non-hydrogen) atoms. The molecule has 4 heteroatoms. The van der Waals surface area contributed by atoms with Crippen LogP contribution in [-0.2, 0) is 5.88 Å². The van der Waals surface area contributed by atoms with E-state index in [9.17, 15) is 0 Å². The zero-order chi connectivity index (χ0) is 12.6. The van der Waals surface area contributed by atoms with Gasteiger partial charge in [0.25, 0.3) is 0 Å². The highest BCUT2D eigenvalue weighted by molar-refractivity contribution is 6.16. The normalized spacial score (nSPS) is 10.1. The average molecular weight is 264 g/mol. The molecule has 0 radical (unpaired) electrons. The molecule has 0 saturated carbocycles. The molecule has 0 unspecified atom stereocenters. The Morgan fingerprint density at radius 3 is 2.22 bits per heavy atom. The van der Waals surface area contributed by atoms with Gasteiger partial charge in [0, 0.05) is 0 Å². The molecule has 94 valence electrons. The van der Waals surface area contributed by atoms with Crippen LogP contribution >= 0.6 is 11.6 Å². The molecule has 2 rings (SSSR count). The summed E-state index contributed by atoms with van der Waals surface area (Å²) < 4.78 is 11.0. The number of nitrogens with zero attached hydrogens (tertiary/aromatic N) is 1. The molecule has 0 aliphatic heterocycles. The number of pyridine rings is 1. The van der Waals surface area contributed by atoms with Crippen molar-refractivity contribution in [2.75, 3.05) is 13.2 Å². The molecule has 0 fully saturated rings. The SMILES string of the molecule is ClCc1ccc(OCCOc2ccccc2)cn1. The highest BCUT2D eigenvalue weighted by atomic mass is 35.5. The van der Waals surface area contributed by atoms with E-state index in [1.807, 2.05) is 42.5 Å². The molecular weight excluding hydrogens is 250 g/mol. The predicted molar refractivity (Wildman–Crippen MR) is 71.2 cm³/mol. The first kappa shape index (κ1) is 12.7. The first-order valence-electron chi connectivity index (χ1n) is 5.70. The standard InChI is InChI=1S/C14H14ClNO2/c15-10-12-6-7-14(11-16-12)18-9-8-17-13-4-2-1-3-5-13/h1-7,11H,8-10H2. The lowest BCUT2D eigenvalue weighted by Crippen LogP contribution is -2.09. The van der Waals surface area contributed by atoms with E-state index < -0.39 is 0 Å². The summed E-state index contributed by atoms with van der Waals surface area (Å²) >= 11 is 5.65. The van der Waals surface area contributed by atoms with Crippen molar-refractivity contribution in [1.82, 2.24) is 4.98 Å². The molecule has 0 saturated heterocycles. The minimum atomic E-state index is 0.414. The summed E-state index contributed by atoms with van der Waals surface area (Å²) in [5.74, 6) is 1.98. The van der Waals surface area contributed by atoms with Crippen LogP contribution in [0.5, 0.6) is 11.5 Å². The second-order valence-corrected chi connectivity index (χ2v) is 3.90. The van der Waals surface area contributed by atoms with Gasteiger partial charge in [0.15, 0.2) is 0 Å². The Morgan fingerprint density at radius 2 is 1.61 bits per heavy atom. The van der Waals surface area contributed by atoms with E-state index >= 15 is 0 Å². The van der Waals surface area contributed by atoms with E-state index in [0.717, 1.165) is 17.2 Å². The van der Waals surface area contributed by atoms with Crippen LogP contribution in [0.3, 0.4) is 0 Å². The average Bonchev–Trinajstić information content (AvgIpc) is 2.45. The van der Waals surface area contributed by atoms with Crippen LogP contribution in [0.2, 0.25) is 0 Å². The second-order valence-electron chi connectivity index (χ2n) is 3.63. The molecule has 1 aromatic heterocycles. The molecule has 0 amide bonds. The Kier molecular flexibility index (Phi) is 4.85.